The Hall–Kier alpha value is -2.74. The maximum atomic E-state index is 11.3. The molecule has 2 aromatic rings. The van der Waals surface area contributed by atoms with Gasteiger partial charge in [-0.05, 0) is 50.4 Å². The minimum absolute atomic E-state index is 0.107. The van der Waals surface area contributed by atoms with Gasteiger partial charge >= 0.3 is 0 Å². The Morgan fingerprint density at radius 3 is 1.82 bits per heavy atom. The van der Waals surface area contributed by atoms with Crippen LogP contribution in [-0.2, 0) is 0 Å². The number of nitro groups is 1. The lowest BCUT2D eigenvalue weighted by Crippen LogP contribution is -2.47. The van der Waals surface area contributed by atoms with E-state index in [-0.39, 0.29) is 17.5 Å². The number of nitro benzene ring substituents is 1. The topological polar surface area (TPSA) is 107 Å². The van der Waals surface area contributed by atoms with E-state index in [1.807, 2.05) is 12.1 Å². The van der Waals surface area contributed by atoms with Crippen LogP contribution in [0.5, 0.6) is 5.88 Å². The average molecular weight is 608 g/mol. The van der Waals surface area contributed by atoms with Crippen LogP contribution in [0.3, 0.4) is 0 Å². The zero-order chi connectivity index (χ0) is 30.8. The second-order valence-corrected chi connectivity index (χ2v) is 13.3. The molecule has 3 saturated heterocycles. The highest BCUT2D eigenvalue weighted by Gasteiger charge is 2.30. The SMILES string of the molecule is Nc1ccc(-c2ccc(OC3CN4CCCCCCCCCCCCCCCCCCCCCC3CC4)nn2)cc1[N+](=O)[O-]. The van der Waals surface area contributed by atoms with Crippen molar-refractivity contribution >= 4 is 11.4 Å². The molecule has 0 radical (unpaired) electrons. The molecule has 2 bridgehead atoms. The van der Waals surface area contributed by atoms with E-state index in [4.69, 9.17) is 10.5 Å². The van der Waals surface area contributed by atoms with Gasteiger partial charge in [-0.3, -0.25) is 15.0 Å². The van der Waals surface area contributed by atoms with Gasteiger partial charge in [0.2, 0.25) is 5.88 Å². The molecule has 0 amide bonds. The van der Waals surface area contributed by atoms with E-state index in [0.717, 1.165) is 19.6 Å². The molecule has 244 valence electrons. The minimum atomic E-state index is -0.470. The van der Waals surface area contributed by atoms with Crippen LogP contribution in [0, 0.1) is 16.0 Å². The van der Waals surface area contributed by atoms with Gasteiger partial charge in [0, 0.05) is 24.2 Å². The first-order chi connectivity index (χ1) is 21.6. The van der Waals surface area contributed by atoms with Crippen LogP contribution in [-0.4, -0.2) is 45.8 Å². The number of nitrogen functional groups attached to an aromatic ring is 1. The maximum Gasteiger partial charge on any atom is 0.292 e. The fourth-order valence-corrected chi connectivity index (χ4v) is 7.00. The second kappa shape index (κ2) is 19.6. The van der Waals surface area contributed by atoms with Crippen LogP contribution < -0.4 is 10.5 Å². The molecule has 4 heterocycles. The summed E-state index contributed by atoms with van der Waals surface area (Å²) in [5.41, 5.74) is 6.97. The molecule has 1 aromatic heterocycles. The second-order valence-electron chi connectivity index (χ2n) is 13.3. The first-order valence-electron chi connectivity index (χ1n) is 17.9. The lowest BCUT2D eigenvalue weighted by atomic mass is 9.88. The highest BCUT2D eigenvalue weighted by molar-refractivity contribution is 5.70. The average Bonchev–Trinajstić information content (AvgIpc) is 3.02. The van der Waals surface area contributed by atoms with E-state index in [9.17, 15) is 10.1 Å². The van der Waals surface area contributed by atoms with E-state index < -0.39 is 4.92 Å². The smallest absolute Gasteiger partial charge is 0.292 e. The molecule has 3 atom stereocenters. The summed E-state index contributed by atoms with van der Waals surface area (Å²) < 4.78 is 6.55. The molecule has 0 spiro atoms. The Balaban J connectivity index is 1.32. The lowest BCUT2D eigenvalue weighted by molar-refractivity contribution is -0.383. The first-order valence-corrected chi connectivity index (χ1v) is 17.9. The van der Waals surface area contributed by atoms with Gasteiger partial charge in [-0.15, -0.1) is 10.2 Å². The number of hydrogen-bond donors (Lipinski definition) is 1. The number of nitrogens with two attached hydrogens (primary N) is 1. The van der Waals surface area contributed by atoms with E-state index in [1.54, 1.807) is 12.1 Å². The third kappa shape index (κ3) is 12.0. The van der Waals surface area contributed by atoms with Crippen molar-refractivity contribution < 1.29 is 9.66 Å². The van der Waals surface area contributed by atoms with Gasteiger partial charge in [-0.2, -0.15) is 0 Å². The minimum Gasteiger partial charge on any atom is -0.472 e. The van der Waals surface area contributed by atoms with Crippen LogP contribution in [0.25, 0.3) is 11.3 Å². The first kappa shape index (κ1) is 34.1. The summed E-state index contributed by atoms with van der Waals surface area (Å²) >= 11 is 0. The summed E-state index contributed by atoms with van der Waals surface area (Å²) in [7, 11) is 0. The zero-order valence-corrected chi connectivity index (χ0v) is 27.1. The molecular weight excluding hydrogens is 550 g/mol. The molecule has 5 rings (SSSR count). The highest BCUT2D eigenvalue weighted by atomic mass is 16.6. The predicted octanol–water partition coefficient (Wildman–Crippen LogP) is 9.52. The Kier molecular flexibility index (Phi) is 15.2. The van der Waals surface area contributed by atoms with Gasteiger partial charge in [0.25, 0.3) is 5.69 Å². The number of benzene rings is 1. The van der Waals surface area contributed by atoms with Gasteiger partial charge in [0.05, 0.1) is 10.6 Å². The number of aromatic nitrogens is 2. The van der Waals surface area contributed by atoms with Crippen molar-refractivity contribution in [1.29, 1.82) is 0 Å². The maximum absolute atomic E-state index is 11.3. The molecule has 0 aliphatic carbocycles. The molecule has 44 heavy (non-hydrogen) atoms. The Morgan fingerprint density at radius 2 is 1.27 bits per heavy atom. The van der Waals surface area contributed by atoms with Crippen molar-refractivity contribution in [2.24, 2.45) is 5.92 Å². The Morgan fingerprint density at radius 1 is 0.705 bits per heavy atom. The normalized spacial score (nSPS) is 24.5. The fourth-order valence-electron chi connectivity index (χ4n) is 7.00. The van der Waals surface area contributed by atoms with E-state index >= 15 is 0 Å². The number of nitrogens with zero attached hydrogens (tertiary/aromatic N) is 4. The number of fused-ring (bicyclic) bond motifs is 22. The highest BCUT2D eigenvalue weighted by Crippen LogP contribution is 2.30. The predicted molar refractivity (Wildman–Crippen MR) is 180 cm³/mol. The molecule has 3 aliphatic rings. The molecule has 1 aromatic carbocycles. The number of rotatable bonds is 4. The standard InChI is InChI=1S/C36H57N5O3/c37-32-22-21-31(28-34(32)41(42)43)33-23-24-36(39-38-33)44-35-29-40-26-19-17-15-13-11-9-7-5-3-1-2-4-6-8-10-12-14-16-18-20-30(35)25-27-40/h21-24,28,30,35H,1-20,25-27,29,37H2. The molecule has 0 saturated carbocycles. The van der Waals surface area contributed by atoms with Crippen molar-refractivity contribution in [3.8, 4) is 17.1 Å². The lowest BCUT2D eigenvalue weighted by Gasteiger charge is -2.38. The third-order valence-electron chi connectivity index (χ3n) is 9.76. The molecule has 8 nitrogen and oxygen atoms in total. The summed E-state index contributed by atoms with van der Waals surface area (Å²) in [6.07, 6.45) is 28.7. The Labute approximate surface area is 265 Å². The summed E-state index contributed by atoms with van der Waals surface area (Å²) in [6, 6.07) is 8.41. The summed E-state index contributed by atoms with van der Waals surface area (Å²) in [4.78, 5) is 13.5. The van der Waals surface area contributed by atoms with Crippen molar-refractivity contribution in [1.82, 2.24) is 15.1 Å². The summed E-state index contributed by atoms with van der Waals surface area (Å²) in [5, 5.41) is 20.1. The van der Waals surface area contributed by atoms with Crippen LogP contribution in [0.4, 0.5) is 11.4 Å². The van der Waals surface area contributed by atoms with Gasteiger partial charge in [0.15, 0.2) is 0 Å². The van der Waals surface area contributed by atoms with E-state index in [0.29, 0.717) is 23.1 Å². The molecule has 3 aliphatic heterocycles. The quantitative estimate of drug-likeness (QED) is 0.209. The number of anilines is 1. The van der Waals surface area contributed by atoms with Crippen LogP contribution in [0.15, 0.2) is 30.3 Å². The summed E-state index contributed by atoms with van der Waals surface area (Å²) in [6.45, 7) is 3.25. The van der Waals surface area contributed by atoms with Crippen molar-refractivity contribution in [3.05, 3.63) is 40.4 Å². The van der Waals surface area contributed by atoms with Gasteiger partial charge in [0.1, 0.15) is 11.8 Å². The van der Waals surface area contributed by atoms with Crippen molar-refractivity contribution in [2.75, 3.05) is 25.4 Å². The molecule has 3 unspecified atom stereocenters. The molecular formula is C36H57N5O3. The van der Waals surface area contributed by atoms with Gasteiger partial charge < -0.3 is 10.5 Å². The van der Waals surface area contributed by atoms with E-state index in [2.05, 4.69) is 15.1 Å². The van der Waals surface area contributed by atoms with Crippen molar-refractivity contribution in [2.45, 2.75) is 141 Å². The van der Waals surface area contributed by atoms with Gasteiger partial charge in [-0.1, -0.05) is 122 Å². The van der Waals surface area contributed by atoms with Crippen LogP contribution >= 0.6 is 0 Å². The number of ether oxygens (including phenoxy) is 1. The van der Waals surface area contributed by atoms with Gasteiger partial charge in [-0.25, -0.2) is 0 Å². The van der Waals surface area contributed by atoms with Crippen LogP contribution in [0.1, 0.15) is 135 Å². The largest absolute Gasteiger partial charge is 0.472 e. The van der Waals surface area contributed by atoms with E-state index in [1.165, 1.54) is 141 Å². The van der Waals surface area contributed by atoms with Crippen molar-refractivity contribution in [3.63, 3.8) is 0 Å². The zero-order valence-electron chi connectivity index (χ0n) is 27.1. The molecule has 8 heteroatoms. The fraction of sp³-hybridized carbons (Fsp3) is 0.722. The van der Waals surface area contributed by atoms with Crippen LogP contribution in [0.2, 0.25) is 0 Å². The monoisotopic (exact) mass is 607 g/mol. The number of piperidine rings is 1. The number of hydrogen-bond acceptors (Lipinski definition) is 7. The summed E-state index contributed by atoms with van der Waals surface area (Å²) in [5.74, 6) is 1.06. The third-order valence-corrected chi connectivity index (χ3v) is 9.76. The Bertz CT molecular complexity index is 1090. The molecule has 3 fully saturated rings. The molecule has 2 N–H and O–H groups in total.